The molecule has 2 amide bonds. The zero-order valence-electron chi connectivity index (χ0n) is 12.2. The Labute approximate surface area is 132 Å². The summed E-state index contributed by atoms with van der Waals surface area (Å²) in [5.74, 6) is -1.50. The number of fused-ring (bicyclic) bond motifs is 1. The zero-order chi connectivity index (χ0) is 16.4. The van der Waals surface area contributed by atoms with E-state index >= 15 is 0 Å². The highest BCUT2D eigenvalue weighted by atomic mass is 16.5. The summed E-state index contributed by atoms with van der Waals surface area (Å²) >= 11 is 0. The van der Waals surface area contributed by atoms with Crippen LogP contribution in [-0.4, -0.2) is 59.7 Å². The van der Waals surface area contributed by atoms with Gasteiger partial charge in [0.15, 0.2) is 12.1 Å². The molecule has 3 rings (SSSR count). The summed E-state index contributed by atoms with van der Waals surface area (Å²) in [6, 6.07) is 5.89. The fourth-order valence-corrected chi connectivity index (χ4v) is 2.61. The molecule has 2 heterocycles. The Morgan fingerprint density at radius 3 is 2.91 bits per heavy atom. The van der Waals surface area contributed by atoms with Gasteiger partial charge >= 0.3 is 5.97 Å². The van der Waals surface area contributed by atoms with Crippen LogP contribution >= 0.6 is 0 Å². The Morgan fingerprint density at radius 2 is 2.13 bits per heavy atom. The number of amides is 2. The second-order valence-corrected chi connectivity index (χ2v) is 5.31. The summed E-state index contributed by atoms with van der Waals surface area (Å²) in [5.41, 5.74) is 0.552. The molecule has 8 nitrogen and oxygen atoms in total. The number of morpholine rings is 1. The molecule has 23 heavy (non-hydrogen) atoms. The predicted octanol–water partition coefficient (Wildman–Crippen LogP) is 0.0882. The van der Waals surface area contributed by atoms with Crippen molar-refractivity contribution >= 4 is 23.5 Å². The van der Waals surface area contributed by atoms with Gasteiger partial charge in [-0.1, -0.05) is 12.1 Å². The van der Waals surface area contributed by atoms with E-state index in [4.69, 9.17) is 14.6 Å². The molecule has 1 fully saturated rings. The number of carboxylic acids is 1. The minimum absolute atomic E-state index is 0.0539. The van der Waals surface area contributed by atoms with E-state index in [-0.39, 0.29) is 26.2 Å². The van der Waals surface area contributed by atoms with E-state index in [0.29, 0.717) is 11.4 Å². The first-order chi connectivity index (χ1) is 11.1. The van der Waals surface area contributed by atoms with Crippen LogP contribution < -0.4 is 10.1 Å². The van der Waals surface area contributed by atoms with Crippen molar-refractivity contribution in [3.8, 4) is 5.75 Å². The fraction of sp³-hybridized carbons (Fsp3) is 0.400. The van der Waals surface area contributed by atoms with Crippen LogP contribution in [-0.2, 0) is 19.1 Å². The third kappa shape index (κ3) is 3.11. The van der Waals surface area contributed by atoms with Gasteiger partial charge in [-0.05, 0) is 12.1 Å². The third-order valence-electron chi connectivity index (χ3n) is 3.80. The lowest BCUT2D eigenvalue weighted by atomic mass is 10.1. The Morgan fingerprint density at radius 1 is 1.35 bits per heavy atom. The lowest BCUT2D eigenvalue weighted by Crippen LogP contribution is -2.54. The third-order valence-corrected chi connectivity index (χ3v) is 3.80. The first kappa shape index (κ1) is 15.3. The van der Waals surface area contributed by atoms with Gasteiger partial charge in [0.25, 0.3) is 5.91 Å². The number of hydrogen-bond acceptors (Lipinski definition) is 5. The molecule has 2 aliphatic rings. The number of benzene rings is 1. The zero-order valence-corrected chi connectivity index (χ0v) is 12.2. The predicted molar refractivity (Wildman–Crippen MR) is 78.1 cm³/mol. The first-order valence-electron chi connectivity index (χ1n) is 7.23. The van der Waals surface area contributed by atoms with Crippen molar-refractivity contribution in [2.24, 2.45) is 0 Å². The maximum atomic E-state index is 12.4. The topological polar surface area (TPSA) is 105 Å². The van der Waals surface area contributed by atoms with Crippen molar-refractivity contribution < 1.29 is 29.0 Å². The monoisotopic (exact) mass is 320 g/mol. The summed E-state index contributed by atoms with van der Waals surface area (Å²) < 4.78 is 10.7. The average Bonchev–Trinajstić information content (AvgIpc) is 2.55. The first-order valence-corrected chi connectivity index (χ1v) is 7.23. The van der Waals surface area contributed by atoms with Gasteiger partial charge < -0.3 is 24.8 Å². The molecule has 0 radical (unpaired) electrons. The number of carbonyl (C=O) groups is 3. The molecule has 0 aliphatic carbocycles. The molecule has 0 aromatic heterocycles. The van der Waals surface area contributed by atoms with Crippen molar-refractivity contribution in [2.75, 3.05) is 25.1 Å². The van der Waals surface area contributed by atoms with E-state index in [9.17, 15) is 14.4 Å². The Hall–Kier alpha value is -2.61. The maximum Gasteiger partial charge on any atom is 0.328 e. The van der Waals surface area contributed by atoms with Crippen LogP contribution in [0.2, 0.25) is 0 Å². The maximum absolute atomic E-state index is 12.4. The second-order valence-electron chi connectivity index (χ2n) is 5.31. The largest absolute Gasteiger partial charge is 0.480 e. The molecule has 122 valence electrons. The molecule has 0 spiro atoms. The van der Waals surface area contributed by atoms with Crippen molar-refractivity contribution in [1.29, 1.82) is 0 Å². The van der Waals surface area contributed by atoms with Crippen LogP contribution in [0.4, 0.5) is 5.69 Å². The lowest BCUT2D eigenvalue weighted by Gasteiger charge is -2.34. The Kier molecular flexibility index (Phi) is 4.16. The minimum Gasteiger partial charge on any atom is -0.480 e. The van der Waals surface area contributed by atoms with Gasteiger partial charge in [-0.25, -0.2) is 4.79 Å². The molecule has 1 saturated heterocycles. The van der Waals surface area contributed by atoms with Crippen molar-refractivity contribution in [2.45, 2.75) is 18.6 Å². The standard InChI is InChI=1S/C15H16N2O6/c18-13(17-5-6-22-8-10(17)15(20)21)7-12-14(19)16-9-3-1-2-4-11(9)23-12/h1-4,10,12H,5-8H2,(H,16,19)(H,20,21). The summed E-state index contributed by atoms with van der Waals surface area (Å²) in [5, 5.41) is 11.8. The number of aliphatic carboxylic acids is 1. The molecular weight excluding hydrogens is 304 g/mol. The molecule has 1 aromatic carbocycles. The number of rotatable bonds is 3. The van der Waals surface area contributed by atoms with E-state index in [2.05, 4.69) is 5.32 Å². The van der Waals surface area contributed by atoms with Gasteiger partial charge in [0.2, 0.25) is 5.91 Å². The SMILES string of the molecule is O=C1Nc2ccccc2OC1CC(=O)N1CCOCC1C(=O)O. The summed E-state index contributed by atoms with van der Waals surface area (Å²) in [7, 11) is 0. The van der Waals surface area contributed by atoms with Crippen molar-refractivity contribution in [3.63, 3.8) is 0 Å². The number of para-hydroxylation sites is 2. The van der Waals surface area contributed by atoms with E-state index in [1.165, 1.54) is 4.90 Å². The van der Waals surface area contributed by atoms with Gasteiger partial charge in [0.1, 0.15) is 5.75 Å². The van der Waals surface area contributed by atoms with Crippen LogP contribution in [0.5, 0.6) is 5.75 Å². The smallest absolute Gasteiger partial charge is 0.328 e. The van der Waals surface area contributed by atoms with Gasteiger partial charge in [0, 0.05) is 6.54 Å². The molecule has 1 aromatic rings. The molecule has 2 aliphatic heterocycles. The number of hydrogen-bond donors (Lipinski definition) is 2. The van der Waals surface area contributed by atoms with Gasteiger partial charge in [-0.3, -0.25) is 9.59 Å². The number of nitrogens with one attached hydrogen (secondary N) is 1. The average molecular weight is 320 g/mol. The number of ether oxygens (including phenoxy) is 2. The highest BCUT2D eigenvalue weighted by molar-refractivity contribution is 6.00. The van der Waals surface area contributed by atoms with Gasteiger partial charge in [-0.2, -0.15) is 0 Å². The molecule has 2 unspecified atom stereocenters. The fourth-order valence-electron chi connectivity index (χ4n) is 2.61. The lowest BCUT2D eigenvalue weighted by molar-refractivity contribution is -0.159. The van der Waals surface area contributed by atoms with E-state index in [1.54, 1.807) is 24.3 Å². The molecule has 0 bridgehead atoms. The van der Waals surface area contributed by atoms with Crippen LogP contribution in [0.25, 0.3) is 0 Å². The molecule has 0 saturated carbocycles. The number of carbonyl (C=O) groups excluding carboxylic acids is 2. The highest BCUT2D eigenvalue weighted by Crippen LogP contribution is 2.29. The summed E-state index contributed by atoms with van der Waals surface area (Å²) in [6.07, 6.45) is -1.20. The molecule has 2 N–H and O–H groups in total. The van der Waals surface area contributed by atoms with Crippen LogP contribution in [0.1, 0.15) is 6.42 Å². The summed E-state index contributed by atoms with van der Waals surface area (Å²) in [4.78, 5) is 36.9. The number of nitrogens with zero attached hydrogens (tertiary/aromatic N) is 1. The van der Waals surface area contributed by atoms with Crippen molar-refractivity contribution in [3.05, 3.63) is 24.3 Å². The van der Waals surface area contributed by atoms with Crippen molar-refractivity contribution in [1.82, 2.24) is 4.90 Å². The normalized spacial score (nSPS) is 23.5. The van der Waals surface area contributed by atoms with E-state index in [1.807, 2.05) is 0 Å². The molecule has 2 atom stereocenters. The number of carboxylic acid groups (broad SMARTS) is 1. The number of anilines is 1. The van der Waals surface area contributed by atoms with Crippen LogP contribution in [0, 0.1) is 0 Å². The van der Waals surface area contributed by atoms with Crippen LogP contribution in [0.3, 0.4) is 0 Å². The van der Waals surface area contributed by atoms with E-state index < -0.39 is 29.9 Å². The van der Waals surface area contributed by atoms with Crippen LogP contribution in [0.15, 0.2) is 24.3 Å². The van der Waals surface area contributed by atoms with Gasteiger partial charge in [-0.15, -0.1) is 0 Å². The van der Waals surface area contributed by atoms with Gasteiger partial charge in [0.05, 0.1) is 25.3 Å². The molecular formula is C15H16N2O6. The molecule has 8 heteroatoms. The van der Waals surface area contributed by atoms with E-state index in [0.717, 1.165) is 0 Å². The Bertz CT molecular complexity index is 647. The summed E-state index contributed by atoms with van der Waals surface area (Å²) in [6.45, 7) is 0.401. The minimum atomic E-state index is -1.13. The Balaban J connectivity index is 1.70. The second kappa shape index (κ2) is 6.25. The highest BCUT2D eigenvalue weighted by Gasteiger charge is 2.36. The quantitative estimate of drug-likeness (QED) is 0.817.